The molecule has 0 aliphatic rings. The van der Waals surface area contributed by atoms with Gasteiger partial charge in [-0.05, 0) is 24.5 Å². The molecule has 1 aromatic rings. The number of hydrogen-bond acceptors (Lipinski definition) is 4. The summed E-state index contributed by atoms with van der Waals surface area (Å²) in [5, 5.41) is 3.26. The Morgan fingerprint density at radius 1 is 1.38 bits per heavy atom. The Morgan fingerprint density at radius 2 is 2.00 bits per heavy atom. The zero-order valence-electron chi connectivity index (χ0n) is 14.7. The number of methoxy groups -OCH3 is 1. The number of nitrogens with zero attached hydrogens (tertiary/aromatic N) is 1. The third-order valence-electron chi connectivity index (χ3n) is 3.38. The van der Waals surface area contributed by atoms with Gasteiger partial charge in [0.25, 0.3) is 0 Å². The lowest BCUT2D eigenvalue weighted by atomic mass is 10.2. The minimum absolute atomic E-state index is 0.0280. The van der Waals surface area contributed by atoms with Gasteiger partial charge < -0.3 is 10.1 Å². The van der Waals surface area contributed by atoms with Gasteiger partial charge in [-0.15, -0.1) is 0 Å². The van der Waals surface area contributed by atoms with Crippen molar-refractivity contribution >= 4 is 33.2 Å². The number of hydrogen-bond donors (Lipinski definition) is 1. The lowest BCUT2D eigenvalue weighted by Gasteiger charge is -2.25. The summed E-state index contributed by atoms with van der Waals surface area (Å²) >= 11 is 6.07. The number of amides is 1. The average Bonchev–Trinajstić information content (AvgIpc) is 2.47. The summed E-state index contributed by atoms with van der Waals surface area (Å²) in [6.45, 7) is 6.34. The fourth-order valence-corrected chi connectivity index (χ4v) is 3.16. The van der Waals surface area contributed by atoms with Gasteiger partial charge >= 0.3 is 0 Å². The van der Waals surface area contributed by atoms with E-state index in [2.05, 4.69) is 5.32 Å². The number of benzene rings is 1. The summed E-state index contributed by atoms with van der Waals surface area (Å²) in [7, 11) is -2.13. The molecule has 1 rings (SSSR count). The molecule has 1 amide bonds. The second-order valence-electron chi connectivity index (χ2n) is 6.06. The first-order valence-corrected chi connectivity index (χ1v) is 9.87. The van der Waals surface area contributed by atoms with Crippen LogP contribution in [-0.2, 0) is 14.8 Å². The number of rotatable bonds is 8. The molecule has 1 N–H and O–H groups in total. The Kier molecular flexibility index (Phi) is 7.35. The van der Waals surface area contributed by atoms with E-state index >= 15 is 0 Å². The molecule has 0 fully saturated rings. The molecule has 0 spiro atoms. The Hall–Kier alpha value is -1.47. The highest BCUT2D eigenvalue weighted by Crippen LogP contribution is 2.35. The molecule has 8 heteroatoms. The van der Waals surface area contributed by atoms with Crippen LogP contribution in [0.1, 0.15) is 25.8 Å². The van der Waals surface area contributed by atoms with Crippen LogP contribution in [0.25, 0.3) is 0 Å². The fourth-order valence-electron chi connectivity index (χ4n) is 2.08. The van der Waals surface area contributed by atoms with Gasteiger partial charge in [-0.25, -0.2) is 8.42 Å². The molecule has 1 aromatic carbocycles. The first kappa shape index (κ1) is 20.6. The minimum atomic E-state index is -3.58. The Bertz CT molecular complexity index is 690. The quantitative estimate of drug-likeness (QED) is 0.756. The van der Waals surface area contributed by atoms with Gasteiger partial charge in [-0.3, -0.25) is 9.10 Å². The Morgan fingerprint density at radius 3 is 2.50 bits per heavy atom. The fraction of sp³-hybridized carbons (Fsp3) is 0.562. The van der Waals surface area contributed by atoms with Gasteiger partial charge in [0.15, 0.2) is 0 Å². The van der Waals surface area contributed by atoms with E-state index in [1.54, 1.807) is 19.1 Å². The maximum Gasteiger partial charge on any atom is 0.232 e. The summed E-state index contributed by atoms with van der Waals surface area (Å²) in [6, 6.07) is 3.22. The molecule has 6 nitrogen and oxygen atoms in total. The molecule has 0 bridgehead atoms. The topological polar surface area (TPSA) is 75.7 Å². The lowest BCUT2D eigenvalue weighted by molar-refractivity contribution is -0.121. The highest BCUT2D eigenvalue weighted by Gasteiger charge is 2.23. The molecule has 0 radical (unpaired) electrons. The van der Waals surface area contributed by atoms with E-state index in [4.69, 9.17) is 16.3 Å². The van der Waals surface area contributed by atoms with Gasteiger partial charge in [-0.2, -0.15) is 0 Å². The molecule has 0 atom stereocenters. The highest BCUT2D eigenvalue weighted by molar-refractivity contribution is 7.92. The summed E-state index contributed by atoms with van der Waals surface area (Å²) in [5.41, 5.74) is 1.10. The molecule has 0 saturated heterocycles. The van der Waals surface area contributed by atoms with Gasteiger partial charge in [0.1, 0.15) is 5.75 Å². The monoisotopic (exact) mass is 376 g/mol. The number of anilines is 1. The van der Waals surface area contributed by atoms with Crippen molar-refractivity contribution in [3.05, 3.63) is 22.7 Å². The summed E-state index contributed by atoms with van der Waals surface area (Å²) in [5.74, 6) is 0.486. The minimum Gasteiger partial charge on any atom is -0.494 e. The van der Waals surface area contributed by atoms with Crippen LogP contribution in [0.2, 0.25) is 5.02 Å². The van der Waals surface area contributed by atoms with Crippen molar-refractivity contribution in [1.82, 2.24) is 5.32 Å². The standard InChI is InChI=1S/C16H25ClN2O4S/c1-11(2)10-18-16(20)6-7-19(24(5,21)22)14-8-12(3)13(17)9-15(14)23-4/h8-9,11H,6-7,10H2,1-5H3,(H,18,20). The molecular formula is C16H25ClN2O4S. The highest BCUT2D eigenvalue weighted by atomic mass is 35.5. The van der Waals surface area contributed by atoms with E-state index in [9.17, 15) is 13.2 Å². The van der Waals surface area contributed by atoms with Crippen LogP contribution in [0.5, 0.6) is 5.75 Å². The third-order valence-corrected chi connectivity index (χ3v) is 4.97. The van der Waals surface area contributed by atoms with E-state index < -0.39 is 10.0 Å². The summed E-state index contributed by atoms with van der Waals surface area (Å²) < 4.78 is 30.8. The van der Waals surface area contributed by atoms with Gasteiger partial charge in [0.05, 0.1) is 19.1 Å². The zero-order valence-corrected chi connectivity index (χ0v) is 16.3. The normalized spacial score (nSPS) is 11.5. The molecular weight excluding hydrogens is 352 g/mol. The molecule has 24 heavy (non-hydrogen) atoms. The zero-order chi connectivity index (χ0) is 18.5. The van der Waals surface area contributed by atoms with E-state index in [0.29, 0.717) is 28.9 Å². The van der Waals surface area contributed by atoms with E-state index in [0.717, 1.165) is 11.8 Å². The molecule has 0 aromatic heterocycles. The van der Waals surface area contributed by atoms with E-state index in [-0.39, 0.29) is 18.9 Å². The molecule has 0 heterocycles. The number of carbonyl (C=O) groups excluding carboxylic acids is 1. The number of sulfonamides is 1. The maximum absolute atomic E-state index is 12.2. The first-order chi connectivity index (χ1) is 11.1. The second kappa shape index (κ2) is 8.58. The molecule has 0 aliphatic heterocycles. The van der Waals surface area contributed by atoms with Crippen LogP contribution in [-0.4, -0.2) is 40.8 Å². The lowest BCUT2D eigenvalue weighted by Crippen LogP contribution is -2.35. The Labute approximate surface area is 149 Å². The number of nitrogens with one attached hydrogen (secondary N) is 1. The van der Waals surface area contributed by atoms with Crippen LogP contribution in [0, 0.1) is 12.8 Å². The predicted octanol–water partition coefficient (Wildman–Crippen LogP) is 2.59. The number of aryl methyl sites for hydroxylation is 1. The second-order valence-corrected chi connectivity index (χ2v) is 8.37. The van der Waals surface area contributed by atoms with Crippen molar-refractivity contribution in [2.75, 3.05) is 30.8 Å². The van der Waals surface area contributed by atoms with Gasteiger partial charge in [0, 0.05) is 30.6 Å². The molecule has 0 aliphatic carbocycles. The number of halogens is 1. The Balaban J connectivity index is 3.04. The third kappa shape index (κ3) is 5.87. The molecule has 0 saturated carbocycles. The van der Waals surface area contributed by atoms with Gasteiger partial charge in [0.2, 0.25) is 15.9 Å². The SMILES string of the molecule is COc1cc(Cl)c(C)cc1N(CCC(=O)NCC(C)C)S(C)(=O)=O. The van der Waals surface area contributed by atoms with Crippen molar-refractivity contribution in [3.8, 4) is 5.75 Å². The van der Waals surface area contributed by atoms with Crippen LogP contribution >= 0.6 is 11.6 Å². The predicted molar refractivity (Wildman–Crippen MR) is 97.4 cm³/mol. The van der Waals surface area contributed by atoms with E-state index in [1.165, 1.54) is 11.4 Å². The van der Waals surface area contributed by atoms with Crippen LogP contribution in [0.4, 0.5) is 5.69 Å². The summed E-state index contributed by atoms with van der Waals surface area (Å²) in [4.78, 5) is 11.9. The summed E-state index contributed by atoms with van der Waals surface area (Å²) in [6.07, 6.45) is 1.16. The number of ether oxygens (including phenoxy) is 1. The van der Waals surface area contributed by atoms with Crippen molar-refractivity contribution in [1.29, 1.82) is 0 Å². The van der Waals surface area contributed by atoms with Crippen LogP contribution in [0.3, 0.4) is 0 Å². The first-order valence-electron chi connectivity index (χ1n) is 7.64. The number of carbonyl (C=O) groups is 1. The molecule has 136 valence electrons. The smallest absolute Gasteiger partial charge is 0.232 e. The van der Waals surface area contributed by atoms with E-state index in [1.807, 2.05) is 13.8 Å². The van der Waals surface area contributed by atoms with Crippen molar-refractivity contribution in [2.45, 2.75) is 27.2 Å². The largest absolute Gasteiger partial charge is 0.494 e. The van der Waals surface area contributed by atoms with Crippen molar-refractivity contribution in [3.63, 3.8) is 0 Å². The molecule has 0 unspecified atom stereocenters. The maximum atomic E-state index is 12.2. The average molecular weight is 377 g/mol. The van der Waals surface area contributed by atoms with Crippen LogP contribution < -0.4 is 14.4 Å². The van der Waals surface area contributed by atoms with Crippen molar-refractivity contribution in [2.24, 2.45) is 5.92 Å². The van der Waals surface area contributed by atoms with Crippen LogP contribution in [0.15, 0.2) is 12.1 Å². The van der Waals surface area contributed by atoms with Gasteiger partial charge in [-0.1, -0.05) is 25.4 Å². The van der Waals surface area contributed by atoms with Crippen molar-refractivity contribution < 1.29 is 17.9 Å².